The second kappa shape index (κ2) is 12.9. The zero-order valence-electron chi connectivity index (χ0n) is 25.4. The third-order valence-corrected chi connectivity index (χ3v) is 9.89. The van der Waals surface area contributed by atoms with Crippen LogP contribution in [0.5, 0.6) is 0 Å². The number of hydrogen-bond donors (Lipinski definition) is 2. The van der Waals surface area contributed by atoms with Gasteiger partial charge in [-0.25, -0.2) is 0 Å². The Kier molecular flexibility index (Phi) is 8.81. The maximum Gasteiger partial charge on any atom is 0.221 e. The van der Waals surface area contributed by atoms with E-state index in [1.807, 2.05) is 0 Å². The molecule has 0 radical (unpaired) electrons. The standard InChI is InChI=1S/C38H47N3O/c1-26-9-8-13-29(21-26)34(23-38(42)40-32-18-16-31(39)17-19-32)36-25-41(24-28-11-4-3-5-12-28)37-20-15-30(22-35(36)37)33-14-7-6-10-27(33)2/h6-10,13-15,20-22,25,28,31-32,34H,3-5,11-12,16-19,23-24,39H2,1-2H3,(H,40,42)/t31-,32-,34?. The highest BCUT2D eigenvalue weighted by Gasteiger charge is 2.27. The zero-order valence-corrected chi connectivity index (χ0v) is 25.4. The Morgan fingerprint density at radius 3 is 2.45 bits per heavy atom. The maximum absolute atomic E-state index is 13.7. The normalized spacial score (nSPS) is 20.5. The van der Waals surface area contributed by atoms with Crippen molar-refractivity contribution in [2.75, 3.05) is 0 Å². The smallest absolute Gasteiger partial charge is 0.221 e. The van der Waals surface area contributed by atoms with Crippen molar-refractivity contribution in [3.05, 3.63) is 95.2 Å². The van der Waals surface area contributed by atoms with E-state index >= 15 is 0 Å². The van der Waals surface area contributed by atoms with E-state index in [9.17, 15) is 4.79 Å². The van der Waals surface area contributed by atoms with Crippen molar-refractivity contribution in [2.45, 2.75) is 103 Å². The summed E-state index contributed by atoms with van der Waals surface area (Å²) in [6.07, 6.45) is 13.4. The van der Waals surface area contributed by atoms with Crippen LogP contribution >= 0.6 is 0 Å². The van der Waals surface area contributed by atoms with Crippen molar-refractivity contribution in [3.8, 4) is 11.1 Å². The summed E-state index contributed by atoms with van der Waals surface area (Å²) in [7, 11) is 0. The summed E-state index contributed by atoms with van der Waals surface area (Å²) in [5, 5.41) is 4.66. The first-order valence-corrected chi connectivity index (χ1v) is 16.2. The van der Waals surface area contributed by atoms with Crippen LogP contribution in [0, 0.1) is 19.8 Å². The van der Waals surface area contributed by atoms with E-state index in [1.165, 1.54) is 76.4 Å². The van der Waals surface area contributed by atoms with E-state index in [0.717, 1.165) is 38.1 Å². The lowest BCUT2D eigenvalue weighted by molar-refractivity contribution is -0.122. The van der Waals surface area contributed by atoms with Crippen molar-refractivity contribution in [1.29, 1.82) is 0 Å². The molecule has 0 bridgehead atoms. The Morgan fingerprint density at radius 2 is 1.69 bits per heavy atom. The Balaban J connectivity index is 1.42. The van der Waals surface area contributed by atoms with Crippen LogP contribution in [-0.2, 0) is 11.3 Å². The molecule has 1 amide bonds. The molecule has 3 N–H and O–H groups in total. The largest absolute Gasteiger partial charge is 0.353 e. The Bertz CT molecular complexity index is 1520. The molecule has 0 saturated heterocycles. The van der Waals surface area contributed by atoms with Gasteiger partial charge in [0.05, 0.1) is 0 Å². The number of amides is 1. The second-order valence-corrected chi connectivity index (χ2v) is 13.1. The van der Waals surface area contributed by atoms with E-state index in [2.05, 4.69) is 96.7 Å². The van der Waals surface area contributed by atoms with Crippen LogP contribution in [0.1, 0.15) is 92.4 Å². The third-order valence-electron chi connectivity index (χ3n) is 9.89. The molecule has 2 saturated carbocycles. The van der Waals surface area contributed by atoms with Gasteiger partial charge in [-0.15, -0.1) is 0 Å². The van der Waals surface area contributed by atoms with Crippen LogP contribution in [0.3, 0.4) is 0 Å². The van der Waals surface area contributed by atoms with Crippen LogP contribution in [-0.4, -0.2) is 22.6 Å². The molecule has 4 aromatic rings. The summed E-state index contributed by atoms with van der Waals surface area (Å²) in [4.78, 5) is 13.7. The van der Waals surface area contributed by atoms with E-state index in [-0.39, 0.29) is 23.9 Å². The minimum absolute atomic E-state index is 0.0158. The van der Waals surface area contributed by atoms with Crippen LogP contribution in [0.15, 0.2) is 72.9 Å². The van der Waals surface area contributed by atoms with Crippen molar-refractivity contribution in [3.63, 3.8) is 0 Å². The summed E-state index contributed by atoms with van der Waals surface area (Å²) in [6.45, 7) is 5.39. The van der Waals surface area contributed by atoms with Crippen LogP contribution in [0.25, 0.3) is 22.0 Å². The molecule has 4 heteroatoms. The monoisotopic (exact) mass is 561 g/mol. The van der Waals surface area contributed by atoms with Gasteiger partial charge in [0.25, 0.3) is 0 Å². The highest BCUT2D eigenvalue weighted by molar-refractivity contribution is 5.91. The average molecular weight is 562 g/mol. The van der Waals surface area contributed by atoms with E-state index in [1.54, 1.807) is 0 Å². The lowest BCUT2D eigenvalue weighted by Crippen LogP contribution is -2.40. The average Bonchev–Trinajstić information content (AvgIpc) is 3.35. The fourth-order valence-corrected chi connectivity index (χ4v) is 7.50. The summed E-state index contributed by atoms with van der Waals surface area (Å²) in [6, 6.07) is 24.9. The van der Waals surface area contributed by atoms with Gasteiger partial charge < -0.3 is 15.6 Å². The van der Waals surface area contributed by atoms with Gasteiger partial charge in [0.2, 0.25) is 5.91 Å². The van der Waals surface area contributed by atoms with E-state index < -0.39 is 0 Å². The number of benzene rings is 3. The topological polar surface area (TPSA) is 60.1 Å². The molecular formula is C38H47N3O. The van der Waals surface area contributed by atoms with E-state index in [4.69, 9.17) is 5.73 Å². The van der Waals surface area contributed by atoms with Gasteiger partial charge in [-0.2, -0.15) is 0 Å². The highest BCUT2D eigenvalue weighted by atomic mass is 16.1. The molecule has 2 aliphatic carbocycles. The summed E-state index contributed by atoms with van der Waals surface area (Å²) < 4.78 is 2.51. The summed E-state index contributed by atoms with van der Waals surface area (Å²) in [5.41, 5.74) is 14.9. The molecule has 0 aliphatic heterocycles. The Hall–Kier alpha value is -3.37. The third kappa shape index (κ3) is 6.49. The molecule has 6 rings (SSSR count). The molecule has 1 unspecified atom stereocenters. The predicted molar refractivity (Wildman–Crippen MR) is 175 cm³/mol. The number of carbonyl (C=O) groups excluding carboxylic acids is 1. The van der Waals surface area contributed by atoms with Gasteiger partial charge in [-0.1, -0.05) is 79.4 Å². The number of aromatic nitrogens is 1. The number of nitrogens with one attached hydrogen (secondary N) is 1. The van der Waals surface area contributed by atoms with Crippen LogP contribution in [0.4, 0.5) is 0 Å². The molecule has 2 fully saturated rings. The lowest BCUT2D eigenvalue weighted by atomic mass is 9.86. The molecule has 1 aromatic heterocycles. The van der Waals surface area contributed by atoms with Crippen LogP contribution < -0.4 is 11.1 Å². The van der Waals surface area contributed by atoms with Crippen molar-refractivity contribution in [2.24, 2.45) is 11.7 Å². The quantitative estimate of drug-likeness (QED) is 0.227. The minimum Gasteiger partial charge on any atom is -0.353 e. The van der Waals surface area contributed by atoms with Crippen molar-refractivity contribution < 1.29 is 4.79 Å². The fraction of sp³-hybridized carbons (Fsp3) is 0.447. The lowest BCUT2D eigenvalue weighted by Gasteiger charge is -2.27. The first-order chi connectivity index (χ1) is 20.4. The van der Waals surface area contributed by atoms with Gasteiger partial charge >= 0.3 is 0 Å². The first-order valence-electron chi connectivity index (χ1n) is 16.2. The van der Waals surface area contributed by atoms with Gasteiger partial charge in [0.1, 0.15) is 0 Å². The molecule has 0 spiro atoms. The highest BCUT2D eigenvalue weighted by Crippen LogP contribution is 2.39. The molecule has 3 aromatic carbocycles. The molecule has 1 atom stereocenters. The molecule has 2 aliphatic rings. The fourth-order valence-electron chi connectivity index (χ4n) is 7.50. The number of fused-ring (bicyclic) bond motifs is 1. The number of nitrogens with two attached hydrogens (primary N) is 1. The SMILES string of the molecule is Cc1cccc(C(CC(=O)N[C@H]2CC[C@H](N)CC2)c2cn(CC3CCCCC3)c3ccc(-c4ccccc4C)cc23)c1. The van der Waals surface area contributed by atoms with Crippen molar-refractivity contribution in [1.82, 2.24) is 9.88 Å². The molecule has 220 valence electrons. The summed E-state index contributed by atoms with van der Waals surface area (Å²) >= 11 is 0. The second-order valence-electron chi connectivity index (χ2n) is 13.1. The molecular weight excluding hydrogens is 514 g/mol. The minimum atomic E-state index is -0.0158. The van der Waals surface area contributed by atoms with Gasteiger partial charge in [-0.3, -0.25) is 4.79 Å². The Labute approximate surface area is 251 Å². The molecule has 1 heterocycles. The Morgan fingerprint density at radius 1 is 0.905 bits per heavy atom. The summed E-state index contributed by atoms with van der Waals surface area (Å²) in [5.74, 6) is 0.847. The van der Waals surface area contributed by atoms with E-state index in [0.29, 0.717) is 6.42 Å². The molecule has 42 heavy (non-hydrogen) atoms. The zero-order chi connectivity index (χ0) is 29.1. The number of nitrogens with zero attached hydrogens (tertiary/aromatic N) is 1. The van der Waals surface area contributed by atoms with Gasteiger partial charge in [0.15, 0.2) is 0 Å². The number of aryl methyl sites for hydroxylation is 2. The van der Waals surface area contributed by atoms with Gasteiger partial charge in [-0.05, 0) is 98.2 Å². The molecule has 4 nitrogen and oxygen atoms in total. The number of hydrogen-bond acceptors (Lipinski definition) is 2. The number of rotatable bonds is 8. The number of carbonyl (C=O) groups is 1. The first kappa shape index (κ1) is 28.7. The predicted octanol–water partition coefficient (Wildman–Crippen LogP) is 8.41. The van der Waals surface area contributed by atoms with Crippen molar-refractivity contribution >= 4 is 16.8 Å². The van der Waals surface area contributed by atoms with Gasteiger partial charge in [0, 0.05) is 48.1 Å². The maximum atomic E-state index is 13.7. The van der Waals surface area contributed by atoms with Crippen LogP contribution in [0.2, 0.25) is 0 Å².